The van der Waals surface area contributed by atoms with Crippen LogP contribution in [0.2, 0.25) is 5.02 Å². The molecule has 1 fully saturated rings. The van der Waals surface area contributed by atoms with Gasteiger partial charge in [-0.05, 0) is 44.0 Å². The summed E-state index contributed by atoms with van der Waals surface area (Å²) >= 11 is 6.04. The van der Waals surface area contributed by atoms with Crippen LogP contribution in [0, 0.1) is 6.92 Å². The molecule has 1 aromatic rings. The zero-order valence-corrected chi connectivity index (χ0v) is 12.7. The maximum atomic E-state index is 6.05. The summed E-state index contributed by atoms with van der Waals surface area (Å²) in [5, 5.41) is 0.776. The lowest BCUT2D eigenvalue weighted by Crippen LogP contribution is -2.55. The van der Waals surface area contributed by atoms with E-state index in [0.29, 0.717) is 6.54 Å². The fourth-order valence-electron chi connectivity index (χ4n) is 2.88. The van der Waals surface area contributed by atoms with Crippen molar-refractivity contribution in [1.29, 1.82) is 0 Å². The van der Waals surface area contributed by atoms with E-state index in [-0.39, 0.29) is 11.6 Å². The van der Waals surface area contributed by atoms with Gasteiger partial charge in [0.05, 0.1) is 13.2 Å². The van der Waals surface area contributed by atoms with Crippen molar-refractivity contribution >= 4 is 11.6 Å². The summed E-state index contributed by atoms with van der Waals surface area (Å²) in [6.07, 6.45) is 0. The number of rotatable bonds is 3. The molecule has 0 saturated carbocycles. The van der Waals surface area contributed by atoms with Crippen molar-refractivity contribution in [2.75, 3.05) is 26.3 Å². The van der Waals surface area contributed by atoms with E-state index in [9.17, 15) is 0 Å². The van der Waals surface area contributed by atoms with Crippen molar-refractivity contribution < 1.29 is 4.74 Å². The molecule has 19 heavy (non-hydrogen) atoms. The van der Waals surface area contributed by atoms with Gasteiger partial charge in [0, 0.05) is 29.7 Å². The minimum Gasteiger partial charge on any atom is -0.378 e. The highest BCUT2D eigenvalue weighted by atomic mass is 35.5. The second-order valence-corrected chi connectivity index (χ2v) is 6.25. The third kappa shape index (κ3) is 3.11. The Kier molecular flexibility index (Phi) is 4.51. The van der Waals surface area contributed by atoms with E-state index >= 15 is 0 Å². The van der Waals surface area contributed by atoms with E-state index in [0.717, 1.165) is 24.8 Å². The first-order valence-corrected chi connectivity index (χ1v) is 7.14. The lowest BCUT2D eigenvalue weighted by molar-refractivity contribution is -0.0713. The van der Waals surface area contributed by atoms with Gasteiger partial charge in [0.2, 0.25) is 0 Å². The van der Waals surface area contributed by atoms with E-state index in [1.807, 2.05) is 12.1 Å². The monoisotopic (exact) mass is 282 g/mol. The highest BCUT2D eigenvalue weighted by Crippen LogP contribution is 2.32. The Morgan fingerprint density at radius 3 is 2.79 bits per heavy atom. The molecule has 1 atom stereocenters. The van der Waals surface area contributed by atoms with E-state index in [1.54, 1.807) is 0 Å². The van der Waals surface area contributed by atoms with Crippen LogP contribution in [-0.2, 0) is 4.74 Å². The molecule has 1 heterocycles. The first kappa shape index (κ1) is 14.8. The van der Waals surface area contributed by atoms with Crippen LogP contribution < -0.4 is 5.73 Å². The van der Waals surface area contributed by atoms with Crippen LogP contribution >= 0.6 is 11.6 Å². The predicted molar refractivity (Wildman–Crippen MR) is 79.6 cm³/mol. The maximum absolute atomic E-state index is 6.05. The molecule has 106 valence electrons. The Balaban J connectivity index is 2.33. The van der Waals surface area contributed by atoms with E-state index in [2.05, 4.69) is 31.7 Å². The predicted octanol–water partition coefficient (Wildman–Crippen LogP) is 2.76. The van der Waals surface area contributed by atoms with Crippen molar-refractivity contribution in [3.05, 3.63) is 34.3 Å². The van der Waals surface area contributed by atoms with Crippen molar-refractivity contribution in [1.82, 2.24) is 4.90 Å². The normalized spacial score (nSPS) is 21.3. The Bertz CT molecular complexity index is 448. The standard InChI is InChI=1S/C15H23ClN2O/c1-11-8-12(16)4-5-13(11)14(9-17)18-6-7-19-10-15(18,2)3/h4-5,8,14H,6-7,9-10,17H2,1-3H3. The SMILES string of the molecule is Cc1cc(Cl)ccc1C(CN)N1CCOCC1(C)C. The highest BCUT2D eigenvalue weighted by molar-refractivity contribution is 6.30. The lowest BCUT2D eigenvalue weighted by atomic mass is 9.93. The van der Waals surface area contributed by atoms with Crippen LogP contribution in [0.5, 0.6) is 0 Å². The van der Waals surface area contributed by atoms with Crippen molar-refractivity contribution in [3.63, 3.8) is 0 Å². The molecule has 1 aromatic carbocycles. The first-order chi connectivity index (χ1) is 8.95. The second kappa shape index (κ2) is 5.80. The van der Waals surface area contributed by atoms with E-state index in [1.165, 1.54) is 11.1 Å². The van der Waals surface area contributed by atoms with Crippen molar-refractivity contribution in [2.45, 2.75) is 32.4 Å². The van der Waals surface area contributed by atoms with Crippen LogP contribution in [0.15, 0.2) is 18.2 Å². The fourth-order valence-corrected chi connectivity index (χ4v) is 3.11. The third-order valence-electron chi connectivity index (χ3n) is 3.90. The summed E-state index contributed by atoms with van der Waals surface area (Å²) in [4.78, 5) is 2.45. The minimum absolute atomic E-state index is 0.00830. The zero-order chi connectivity index (χ0) is 14.0. The molecule has 0 aromatic heterocycles. The highest BCUT2D eigenvalue weighted by Gasteiger charge is 2.36. The number of ether oxygens (including phenoxy) is 1. The third-order valence-corrected chi connectivity index (χ3v) is 4.13. The van der Waals surface area contributed by atoms with Gasteiger partial charge in [-0.3, -0.25) is 4.90 Å². The van der Waals surface area contributed by atoms with Gasteiger partial charge in [-0.2, -0.15) is 0 Å². The fraction of sp³-hybridized carbons (Fsp3) is 0.600. The molecule has 0 spiro atoms. The lowest BCUT2D eigenvalue weighted by Gasteiger charge is -2.46. The van der Waals surface area contributed by atoms with Gasteiger partial charge in [-0.1, -0.05) is 17.7 Å². The van der Waals surface area contributed by atoms with Gasteiger partial charge in [0.15, 0.2) is 0 Å². The molecule has 1 aliphatic heterocycles. The number of halogens is 1. The van der Waals surface area contributed by atoms with E-state index in [4.69, 9.17) is 22.1 Å². The molecule has 1 saturated heterocycles. The molecule has 2 rings (SSSR count). The maximum Gasteiger partial charge on any atom is 0.0645 e. The molecule has 3 nitrogen and oxygen atoms in total. The van der Waals surface area contributed by atoms with Crippen molar-refractivity contribution in [3.8, 4) is 0 Å². The van der Waals surface area contributed by atoms with Gasteiger partial charge in [0.25, 0.3) is 0 Å². The van der Waals surface area contributed by atoms with Crippen molar-refractivity contribution in [2.24, 2.45) is 5.73 Å². The number of nitrogens with zero attached hydrogens (tertiary/aromatic N) is 1. The van der Waals surface area contributed by atoms with E-state index < -0.39 is 0 Å². The molecule has 0 bridgehead atoms. The molecule has 0 amide bonds. The number of morpholine rings is 1. The number of hydrogen-bond donors (Lipinski definition) is 1. The first-order valence-electron chi connectivity index (χ1n) is 6.76. The van der Waals surface area contributed by atoms with Crippen LogP contribution in [0.3, 0.4) is 0 Å². The number of hydrogen-bond acceptors (Lipinski definition) is 3. The Hall–Kier alpha value is -0.610. The molecule has 4 heteroatoms. The Morgan fingerprint density at radius 1 is 1.47 bits per heavy atom. The zero-order valence-electron chi connectivity index (χ0n) is 11.9. The van der Waals surface area contributed by atoms with Crippen LogP contribution in [0.25, 0.3) is 0 Å². The number of benzene rings is 1. The molecular weight excluding hydrogens is 260 g/mol. The average molecular weight is 283 g/mol. The molecule has 1 aliphatic rings. The Labute approximate surface area is 120 Å². The number of aryl methyl sites for hydroxylation is 1. The molecule has 0 aliphatic carbocycles. The molecule has 1 unspecified atom stereocenters. The van der Waals surface area contributed by atoms with Gasteiger partial charge >= 0.3 is 0 Å². The topological polar surface area (TPSA) is 38.5 Å². The largest absolute Gasteiger partial charge is 0.378 e. The second-order valence-electron chi connectivity index (χ2n) is 5.81. The molecule has 0 radical (unpaired) electrons. The van der Waals surface area contributed by atoms with Gasteiger partial charge < -0.3 is 10.5 Å². The summed E-state index contributed by atoms with van der Waals surface area (Å²) in [5.74, 6) is 0. The molecular formula is C15H23ClN2O. The van der Waals surface area contributed by atoms with Gasteiger partial charge in [-0.25, -0.2) is 0 Å². The summed E-state index contributed by atoms with van der Waals surface area (Å²) in [7, 11) is 0. The smallest absolute Gasteiger partial charge is 0.0645 e. The number of nitrogens with two attached hydrogens (primary N) is 1. The summed E-state index contributed by atoms with van der Waals surface area (Å²) in [6, 6.07) is 6.27. The summed E-state index contributed by atoms with van der Waals surface area (Å²) in [5.41, 5.74) is 8.52. The Morgan fingerprint density at radius 2 is 2.21 bits per heavy atom. The van der Waals surface area contributed by atoms with Crippen LogP contribution in [-0.4, -0.2) is 36.7 Å². The average Bonchev–Trinajstić information content (AvgIpc) is 2.34. The minimum atomic E-state index is 0.00830. The van der Waals surface area contributed by atoms with Crippen LogP contribution in [0.4, 0.5) is 0 Å². The summed E-state index contributed by atoms with van der Waals surface area (Å²) in [6.45, 7) is 9.54. The molecule has 2 N–H and O–H groups in total. The van der Waals surface area contributed by atoms with Gasteiger partial charge in [-0.15, -0.1) is 0 Å². The quantitative estimate of drug-likeness (QED) is 0.926. The van der Waals surface area contributed by atoms with Gasteiger partial charge in [0.1, 0.15) is 0 Å². The van der Waals surface area contributed by atoms with Crippen LogP contribution in [0.1, 0.15) is 31.0 Å². The summed E-state index contributed by atoms with van der Waals surface area (Å²) < 4.78 is 5.59.